The Kier molecular flexibility index (Phi) is 8.18. The summed E-state index contributed by atoms with van der Waals surface area (Å²) >= 11 is 0. The summed E-state index contributed by atoms with van der Waals surface area (Å²) in [6.07, 6.45) is 6.28. The minimum Gasteiger partial charge on any atom is -0.378 e. The SMILES string of the molecule is CCc1cc(Nc2nccn3c(-c4cnn(CC(F)F)c4)cnc23)ccc1C(=O)NCCOCCN. The van der Waals surface area contributed by atoms with Crippen molar-refractivity contribution in [2.24, 2.45) is 5.73 Å². The van der Waals surface area contributed by atoms with Crippen LogP contribution in [0.2, 0.25) is 0 Å². The predicted octanol–water partition coefficient (Wildman–Crippen LogP) is 2.87. The van der Waals surface area contributed by atoms with E-state index < -0.39 is 13.0 Å². The third kappa shape index (κ3) is 5.83. The molecule has 0 spiro atoms. The lowest BCUT2D eigenvalue weighted by Crippen LogP contribution is -2.28. The minimum absolute atomic E-state index is 0.166. The van der Waals surface area contributed by atoms with Crippen molar-refractivity contribution in [2.75, 3.05) is 31.6 Å². The molecule has 4 rings (SSSR count). The zero-order valence-corrected chi connectivity index (χ0v) is 19.8. The van der Waals surface area contributed by atoms with Crippen molar-refractivity contribution in [3.63, 3.8) is 0 Å². The van der Waals surface area contributed by atoms with Crippen LogP contribution in [-0.4, -0.2) is 62.8 Å². The first-order chi connectivity index (χ1) is 17.5. The highest BCUT2D eigenvalue weighted by atomic mass is 19.3. The molecule has 3 heterocycles. The van der Waals surface area contributed by atoms with Crippen LogP contribution in [0.25, 0.3) is 16.9 Å². The van der Waals surface area contributed by atoms with E-state index >= 15 is 0 Å². The highest BCUT2D eigenvalue weighted by Gasteiger charge is 2.15. The lowest BCUT2D eigenvalue weighted by atomic mass is 10.0. The smallest absolute Gasteiger partial charge is 0.257 e. The number of alkyl halides is 2. The molecule has 12 heteroatoms. The Balaban J connectivity index is 1.51. The van der Waals surface area contributed by atoms with Gasteiger partial charge in [0.1, 0.15) is 6.54 Å². The maximum atomic E-state index is 12.7. The van der Waals surface area contributed by atoms with Crippen LogP contribution in [0.1, 0.15) is 22.8 Å². The van der Waals surface area contributed by atoms with Crippen LogP contribution in [0.4, 0.5) is 20.3 Å². The molecule has 1 amide bonds. The van der Waals surface area contributed by atoms with Gasteiger partial charge >= 0.3 is 0 Å². The molecule has 0 aliphatic rings. The number of fused-ring (bicyclic) bond motifs is 1. The molecule has 4 aromatic rings. The average molecular weight is 499 g/mol. The van der Waals surface area contributed by atoms with Gasteiger partial charge in [0, 0.05) is 48.5 Å². The van der Waals surface area contributed by atoms with Crippen molar-refractivity contribution in [2.45, 2.75) is 26.3 Å². The van der Waals surface area contributed by atoms with E-state index in [0.29, 0.717) is 61.0 Å². The summed E-state index contributed by atoms with van der Waals surface area (Å²) in [4.78, 5) is 21.5. The third-order valence-electron chi connectivity index (χ3n) is 5.47. The number of aryl methyl sites for hydroxylation is 1. The van der Waals surface area contributed by atoms with Crippen molar-refractivity contribution >= 4 is 23.1 Å². The number of nitrogens with one attached hydrogen (secondary N) is 2. The number of benzene rings is 1. The van der Waals surface area contributed by atoms with E-state index in [-0.39, 0.29) is 5.91 Å². The standard InChI is InChI=1S/C24H28F2N8O2/c1-2-16-11-18(3-4-19(16)24(35)29-7-10-36-9-5-27)32-22-23-30-13-20(34(23)8-6-28-22)17-12-31-33(14-17)15-21(25)26/h3-4,6,8,11-14,21H,2,5,7,9-10,15,27H2,1H3,(H,28,32)(H,29,35). The van der Waals surface area contributed by atoms with E-state index in [1.165, 1.54) is 10.9 Å². The van der Waals surface area contributed by atoms with Gasteiger partial charge in [-0.25, -0.2) is 18.7 Å². The molecule has 190 valence electrons. The van der Waals surface area contributed by atoms with Gasteiger partial charge in [0.05, 0.1) is 31.3 Å². The van der Waals surface area contributed by atoms with Crippen LogP contribution >= 0.6 is 0 Å². The number of nitrogens with zero attached hydrogens (tertiary/aromatic N) is 5. The molecule has 1 aromatic carbocycles. The molecule has 0 fully saturated rings. The number of rotatable bonds is 12. The number of carbonyl (C=O) groups excluding carboxylic acids is 1. The van der Waals surface area contributed by atoms with Gasteiger partial charge in [0.25, 0.3) is 12.3 Å². The van der Waals surface area contributed by atoms with Crippen LogP contribution in [0.3, 0.4) is 0 Å². The van der Waals surface area contributed by atoms with Crippen molar-refractivity contribution in [3.8, 4) is 11.3 Å². The van der Waals surface area contributed by atoms with Crippen molar-refractivity contribution in [1.29, 1.82) is 0 Å². The zero-order chi connectivity index (χ0) is 25.5. The van der Waals surface area contributed by atoms with Gasteiger partial charge in [-0.2, -0.15) is 5.10 Å². The number of nitrogens with two attached hydrogens (primary N) is 1. The molecule has 36 heavy (non-hydrogen) atoms. The summed E-state index contributed by atoms with van der Waals surface area (Å²) in [6.45, 7) is 3.21. The number of hydrogen-bond donors (Lipinski definition) is 3. The topological polar surface area (TPSA) is 124 Å². The first-order valence-corrected chi connectivity index (χ1v) is 11.6. The molecule has 4 N–H and O–H groups in total. The second-order valence-electron chi connectivity index (χ2n) is 7.96. The van der Waals surface area contributed by atoms with Crippen molar-refractivity contribution in [3.05, 3.63) is 60.3 Å². The predicted molar refractivity (Wildman–Crippen MR) is 132 cm³/mol. The number of hydrogen-bond acceptors (Lipinski definition) is 7. The number of anilines is 2. The summed E-state index contributed by atoms with van der Waals surface area (Å²) in [5, 5.41) is 10.1. The molecule has 0 radical (unpaired) electrons. The van der Waals surface area contributed by atoms with E-state index in [9.17, 15) is 13.6 Å². The lowest BCUT2D eigenvalue weighted by molar-refractivity contribution is 0.0919. The maximum Gasteiger partial charge on any atom is 0.257 e. The molecule has 0 unspecified atom stereocenters. The maximum absolute atomic E-state index is 12.7. The molecule has 3 aromatic heterocycles. The number of ether oxygens (including phenoxy) is 1. The number of aromatic nitrogens is 5. The Bertz CT molecular complexity index is 1320. The monoisotopic (exact) mass is 498 g/mol. The summed E-state index contributed by atoms with van der Waals surface area (Å²) in [5.74, 6) is 0.347. The minimum atomic E-state index is -2.49. The Labute approximate surface area is 206 Å². The molecule has 0 saturated carbocycles. The van der Waals surface area contributed by atoms with E-state index in [1.807, 2.05) is 23.5 Å². The molecule has 0 bridgehead atoms. The molecule has 0 aliphatic carbocycles. The quantitative estimate of drug-likeness (QED) is 0.257. The Morgan fingerprint density at radius 3 is 2.86 bits per heavy atom. The van der Waals surface area contributed by atoms with Crippen LogP contribution in [0.5, 0.6) is 0 Å². The summed E-state index contributed by atoms with van der Waals surface area (Å²) in [5.41, 5.74) is 9.54. The second kappa shape index (κ2) is 11.7. The van der Waals surface area contributed by atoms with Gasteiger partial charge in [-0.1, -0.05) is 6.92 Å². The first-order valence-electron chi connectivity index (χ1n) is 11.6. The Morgan fingerprint density at radius 2 is 2.08 bits per heavy atom. The van der Waals surface area contributed by atoms with E-state index in [0.717, 1.165) is 11.3 Å². The van der Waals surface area contributed by atoms with E-state index in [1.54, 1.807) is 30.9 Å². The van der Waals surface area contributed by atoms with Crippen LogP contribution in [0.15, 0.2) is 49.2 Å². The Hall–Kier alpha value is -3.90. The number of amides is 1. The molecule has 0 saturated heterocycles. The van der Waals surface area contributed by atoms with E-state index in [2.05, 4.69) is 25.7 Å². The van der Waals surface area contributed by atoms with Gasteiger partial charge in [0.2, 0.25) is 0 Å². The van der Waals surface area contributed by atoms with Crippen LogP contribution in [0, 0.1) is 0 Å². The number of halogens is 2. The fourth-order valence-corrected chi connectivity index (χ4v) is 3.80. The molecule has 10 nitrogen and oxygen atoms in total. The summed E-state index contributed by atoms with van der Waals surface area (Å²) < 4.78 is 33.7. The fourth-order valence-electron chi connectivity index (χ4n) is 3.80. The fraction of sp³-hybridized carbons (Fsp3) is 0.333. The summed E-state index contributed by atoms with van der Waals surface area (Å²) in [6, 6.07) is 5.48. The zero-order valence-electron chi connectivity index (χ0n) is 19.8. The molecular weight excluding hydrogens is 470 g/mol. The first kappa shape index (κ1) is 25.2. The highest BCUT2D eigenvalue weighted by Crippen LogP contribution is 2.26. The lowest BCUT2D eigenvalue weighted by Gasteiger charge is -2.13. The largest absolute Gasteiger partial charge is 0.378 e. The van der Waals surface area contributed by atoms with Crippen LogP contribution < -0.4 is 16.4 Å². The van der Waals surface area contributed by atoms with Gasteiger partial charge in [-0.15, -0.1) is 0 Å². The van der Waals surface area contributed by atoms with Gasteiger partial charge in [-0.05, 0) is 30.2 Å². The Morgan fingerprint density at radius 1 is 1.22 bits per heavy atom. The van der Waals surface area contributed by atoms with Crippen molar-refractivity contribution < 1.29 is 18.3 Å². The van der Waals surface area contributed by atoms with Gasteiger partial charge < -0.3 is 21.1 Å². The average Bonchev–Trinajstić information content (AvgIpc) is 3.50. The summed E-state index contributed by atoms with van der Waals surface area (Å²) in [7, 11) is 0. The van der Waals surface area contributed by atoms with Gasteiger partial charge in [-0.3, -0.25) is 13.9 Å². The molecule has 0 atom stereocenters. The molecular formula is C24H28F2N8O2. The molecule has 0 aliphatic heterocycles. The van der Waals surface area contributed by atoms with Crippen molar-refractivity contribution in [1.82, 2.24) is 29.5 Å². The number of carbonyl (C=O) groups is 1. The normalized spacial score (nSPS) is 11.4. The number of imidazole rings is 1. The van der Waals surface area contributed by atoms with Gasteiger partial charge in [0.15, 0.2) is 11.5 Å². The second-order valence-corrected chi connectivity index (χ2v) is 7.96. The highest BCUT2D eigenvalue weighted by molar-refractivity contribution is 5.96. The van der Waals surface area contributed by atoms with E-state index in [4.69, 9.17) is 10.5 Å². The third-order valence-corrected chi connectivity index (χ3v) is 5.47. The van der Waals surface area contributed by atoms with Crippen LogP contribution in [-0.2, 0) is 17.7 Å².